The van der Waals surface area contributed by atoms with Crippen LogP contribution in [0, 0.1) is 0 Å². The maximum atomic E-state index is 12.6. The highest BCUT2D eigenvalue weighted by atomic mass is 32.2. The number of nitrogens with one attached hydrogen (secondary N) is 2. The Morgan fingerprint density at radius 1 is 1.10 bits per heavy atom. The summed E-state index contributed by atoms with van der Waals surface area (Å²) in [4.78, 5) is 19.0. The lowest BCUT2D eigenvalue weighted by Gasteiger charge is -2.21. The maximum Gasteiger partial charge on any atom is 0.262 e. The van der Waals surface area contributed by atoms with E-state index in [2.05, 4.69) is 33.8 Å². The molecule has 0 bridgehead atoms. The molecule has 0 saturated carbocycles. The first-order valence-corrected chi connectivity index (χ1v) is 11.2. The smallest absolute Gasteiger partial charge is 0.262 e. The third-order valence-electron chi connectivity index (χ3n) is 4.79. The largest absolute Gasteiger partial charge is 0.372 e. The Morgan fingerprint density at radius 2 is 1.83 bits per heavy atom. The third kappa shape index (κ3) is 5.14. The van der Waals surface area contributed by atoms with E-state index in [9.17, 15) is 13.2 Å². The van der Waals surface area contributed by atoms with Crippen LogP contribution in [-0.4, -0.2) is 39.8 Å². The lowest BCUT2D eigenvalue weighted by molar-refractivity contribution is 0.102. The summed E-state index contributed by atoms with van der Waals surface area (Å²) in [6, 6.07) is 13.6. The first-order valence-electron chi connectivity index (χ1n) is 9.75. The van der Waals surface area contributed by atoms with Crippen LogP contribution < -0.4 is 14.9 Å². The van der Waals surface area contributed by atoms with Crippen molar-refractivity contribution < 1.29 is 13.2 Å². The molecule has 2 aromatic rings. The van der Waals surface area contributed by atoms with Gasteiger partial charge in [-0.1, -0.05) is 6.07 Å². The molecule has 1 heterocycles. The average Bonchev–Trinajstić information content (AvgIpc) is 3.22. The molecule has 0 aromatic heterocycles. The second-order valence-corrected chi connectivity index (χ2v) is 8.42. The summed E-state index contributed by atoms with van der Waals surface area (Å²) >= 11 is 0. The number of carbonyl (C=O) groups excluding carboxylic acids is 1. The van der Waals surface area contributed by atoms with E-state index >= 15 is 0 Å². The van der Waals surface area contributed by atoms with Crippen molar-refractivity contribution in [2.75, 3.05) is 29.9 Å². The van der Waals surface area contributed by atoms with Gasteiger partial charge in [0.25, 0.3) is 15.9 Å². The van der Waals surface area contributed by atoms with Crippen molar-refractivity contribution in [3.63, 3.8) is 0 Å². The summed E-state index contributed by atoms with van der Waals surface area (Å²) in [7, 11) is -3.73. The molecule has 7 nitrogen and oxygen atoms in total. The number of aliphatic imine (C=N–C) groups is 1. The maximum absolute atomic E-state index is 12.6. The van der Waals surface area contributed by atoms with Crippen LogP contribution in [0.15, 0.2) is 58.4 Å². The normalized spacial score (nSPS) is 13.7. The van der Waals surface area contributed by atoms with E-state index < -0.39 is 10.0 Å². The molecule has 0 spiro atoms. The van der Waals surface area contributed by atoms with Gasteiger partial charge in [0.15, 0.2) is 0 Å². The Hall–Kier alpha value is -2.87. The fourth-order valence-electron chi connectivity index (χ4n) is 3.19. The average molecular weight is 415 g/mol. The van der Waals surface area contributed by atoms with Crippen LogP contribution in [0.4, 0.5) is 11.4 Å². The van der Waals surface area contributed by atoms with E-state index in [1.807, 2.05) is 12.1 Å². The quantitative estimate of drug-likeness (QED) is 0.728. The fraction of sp³-hybridized carbons (Fsp3) is 0.333. The van der Waals surface area contributed by atoms with Crippen LogP contribution in [0.3, 0.4) is 0 Å². The molecular weight excluding hydrogens is 388 g/mol. The first-order chi connectivity index (χ1) is 13.9. The van der Waals surface area contributed by atoms with Gasteiger partial charge in [-0.3, -0.25) is 14.5 Å². The van der Waals surface area contributed by atoms with Gasteiger partial charge in [0.1, 0.15) is 5.84 Å². The topological polar surface area (TPSA) is 90.9 Å². The molecule has 0 aliphatic carbocycles. The number of benzene rings is 2. The van der Waals surface area contributed by atoms with Crippen LogP contribution in [0.5, 0.6) is 0 Å². The van der Waals surface area contributed by atoms with Gasteiger partial charge < -0.3 is 10.2 Å². The van der Waals surface area contributed by atoms with E-state index in [-0.39, 0.29) is 10.8 Å². The van der Waals surface area contributed by atoms with E-state index in [0.717, 1.165) is 25.2 Å². The van der Waals surface area contributed by atoms with Gasteiger partial charge >= 0.3 is 0 Å². The zero-order chi connectivity index (χ0) is 20.9. The molecule has 0 saturated heterocycles. The van der Waals surface area contributed by atoms with Gasteiger partial charge in [0.2, 0.25) is 0 Å². The fourth-order valence-corrected chi connectivity index (χ4v) is 4.33. The zero-order valence-corrected chi connectivity index (χ0v) is 17.5. The molecule has 0 atom stereocenters. The third-order valence-corrected chi connectivity index (χ3v) is 6.17. The summed E-state index contributed by atoms with van der Waals surface area (Å²) in [6.45, 7) is 6.59. The first kappa shape index (κ1) is 20.9. The van der Waals surface area contributed by atoms with Gasteiger partial charge in [-0.05, 0) is 62.7 Å². The van der Waals surface area contributed by atoms with Gasteiger partial charge in [-0.2, -0.15) is 0 Å². The molecule has 2 aromatic carbocycles. The highest BCUT2D eigenvalue weighted by Gasteiger charge is 2.19. The van der Waals surface area contributed by atoms with Crippen LogP contribution in [0.1, 0.15) is 37.0 Å². The number of nitrogens with zero attached hydrogens (tertiary/aromatic N) is 2. The number of sulfonamides is 1. The Kier molecular flexibility index (Phi) is 6.53. The van der Waals surface area contributed by atoms with Crippen LogP contribution in [-0.2, 0) is 10.0 Å². The van der Waals surface area contributed by atoms with Crippen molar-refractivity contribution in [2.24, 2.45) is 4.99 Å². The summed E-state index contributed by atoms with van der Waals surface area (Å²) < 4.78 is 27.6. The minimum absolute atomic E-state index is 0.0850. The minimum Gasteiger partial charge on any atom is -0.372 e. The van der Waals surface area contributed by atoms with Crippen molar-refractivity contribution in [3.05, 3.63) is 54.1 Å². The molecule has 2 N–H and O–H groups in total. The number of hydrogen-bond donors (Lipinski definition) is 2. The lowest BCUT2D eigenvalue weighted by Crippen LogP contribution is -2.29. The number of hydrogen-bond acceptors (Lipinski definition) is 5. The van der Waals surface area contributed by atoms with E-state index in [1.165, 1.54) is 12.1 Å². The van der Waals surface area contributed by atoms with Gasteiger partial charge in [-0.25, -0.2) is 8.42 Å². The predicted octanol–water partition coefficient (Wildman–Crippen LogP) is 3.26. The summed E-state index contributed by atoms with van der Waals surface area (Å²) in [5.74, 6) is 0.187. The Morgan fingerprint density at radius 3 is 2.45 bits per heavy atom. The number of amidine groups is 1. The van der Waals surface area contributed by atoms with E-state index in [0.29, 0.717) is 30.1 Å². The SMILES string of the molecule is CCN(CC)c1ccc(C(=O)Nc2cccc(S(=O)(=O)NC3=NCCC3)c2)cc1. The standard InChI is InChI=1S/C21H26N4O3S/c1-3-25(4-2)18-12-10-16(11-13-18)21(26)23-17-7-5-8-19(15-17)29(27,28)24-20-9-6-14-22-20/h5,7-8,10-13,15H,3-4,6,9,14H2,1-2H3,(H,22,24)(H,23,26). The van der Waals surface area contributed by atoms with Crippen LogP contribution >= 0.6 is 0 Å². The highest BCUT2D eigenvalue weighted by Crippen LogP contribution is 2.19. The summed E-state index contributed by atoms with van der Waals surface area (Å²) in [5.41, 5.74) is 1.98. The molecule has 1 aliphatic rings. The Balaban J connectivity index is 1.72. The molecule has 154 valence electrons. The Bertz CT molecular complexity index is 997. The van der Waals surface area contributed by atoms with Crippen molar-refractivity contribution in [1.82, 2.24) is 4.72 Å². The molecule has 3 rings (SSSR count). The molecule has 1 aliphatic heterocycles. The summed E-state index contributed by atoms with van der Waals surface area (Å²) in [5, 5.41) is 2.77. The highest BCUT2D eigenvalue weighted by molar-refractivity contribution is 7.90. The van der Waals surface area contributed by atoms with Crippen LogP contribution in [0.25, 0.3) is 0 Å². The van der Waals surface area contributed by atoms with Crippen molar-refractivity contribution >= 4 is 33.1 Å². The number of anilines is 2. The molecular formula is C21H26N4O3S. The van der Waals surface area contributed by atoms with Crippen molar-refractivity contribution in [2.45, 2.75) is 31.6 Å². The second-order valence-electron chi connectivity index (χ2n) is 6.74. The van der Waals surface area contributed by atoms with Gasteiger partial charge in [0.05, 0.1) is 4.90 Å². The van der Waals surface area contributed by atoms with Gasteiger partial charge in [0, 0.05) is 43.0 Å². The number of amides is 1. The number of carbonyl (C=O) groups is 1. The Labute approximate surface area is 171 Å². The zero-order valence-electron chi connectivity index (χ0n) is 16.7. The molecule has 0 fully saturated rings. The van der Waals surface area contributed by atoms with Gasteiger partial charge in [-0.15, -0.1) is 0 Å². The lowest BCUT2D eigenvalue weighted by atomic mass is 10.1. The molecule has 29 heavy (non-hydrogen) atoms. The molecule has 0 unspecified atom stereocenters. The summed E-state index contributed by atoms with van der Waals surface area (Å²) in [6.07, 6.45) is 1.47. The second kappa shape index (κ2) is 9.09. The van der Waals surface area contributed by atoms with Crippen LogP contribution in [0.2, 0.25) is 0 Å². The minimum atomic E-state index is -3.73. The monoisotopic (exact) mass is 414 g/mol. The molecule has 1 amide bonds. The van der Waals surface area contributed by atoms with Crippen molar-refractivity contribution in [1.29, 1.82) is 0 Å². The van der Waals surface area contributed by atoms with E-state index in [4.69, 9.17) is 0 Å². The van der Waals surface area contributed by atoms with E-state index in [1.54, 1.807) is 24.3 Å². The predicted molar refractivity (Wildman–Crippen MR) is 116 cm³/mol. The van der Waals surface area contributed by atoms with Crippen molar-refractivity contribution in [3.8, 4) is 0 Å². The molecule has 0 radical (unpaired) electrons. The number of rotatable bonds is 7. The molecule has 8 heteroatoms.